The van der Waals surface area contributed by atoms with E-state index >= 15 is 0 Å². The van der Waals surface area contributed by atoms with Crippen LogP contribution in [0.25, 0.3) is 10.8 Å². The van der Waals surface area contributed by atoms with Gasteiger partial charge in [0.05, 0.1) is 6.42 Å². The number of halogens is 1. The van der Waals surface area contributed by atoms with Crippen LogP contribution in [0.2, 0.25) is 5.02 Å². The van der Waals surface area contributed by atoms with Crippen molar-refractivity contribution in [2.75, 3.05) is 5.32 Å². The fourth-order valence-electron chi connectivity index (χ4n) is 3.62. The van der Waals surface area contributed by atoms with Crippen LogP contribution in [0, 0.1) is 0 Å². The van der Waals surface area contributed by atoms with Crippen LogP contribution in [0.15, 0.2) is 97.1 Å². The Morgan fingerprint density at radius 1 is 0.765 bits per heavy atom. The zero-order valence-electron chi connectivity index (χ0n) is 18.2. The van der Waals surface area contributed by atoms with Gasteiger partial charge in [0.15, 0.2) is 6.10 Å². The molecule has 1 atom stereocenters. The predicted molar refractivity (Wildman–Crippen MR) is 133 cm³/mol. The van der Waals surface area contributed by atoms with Gasteiger partial charge in [0.25, 0.3) is 0 Å². The number of ketones is 1. The molecule has 0 saturated carbocycles. The molecule has 0 aromatic heterocycles. The average molecular weight is 472 g/mol. The SMILES string of the molecule is O=C(CCC(=O)O[C@@H](C(=O)c1ccccc1)c1ccc(Cl)cc1)Nc1cccc2ccccc12. The van der Waals surface area contributed by atoms with Gasteiger partial charge >= 0.3 is 5.97 Å². The fourth-order valence-corrected chi connectivity index (χ4v) is 3.74. The molecule has 0 heterocycles. The van der Waals surface area contributed by atoms with Crippen molar-refractivity contribution < 1.29 is 19.1 Å². The molecular formula is C28H22ClNO4. The van der Waals surface area contributed by atoms with Crippen molar-refractivity contribution in [1.82, 2.24) is 0 Å². The van der Waals surface area contributed by atoms with Gasteiger partial charge in [-0.05, 0) is 23.6 Å². The molecule has 5 nitrogen and oxygen atoms in total. The van der Waals surface area contributed by atoms with Crippen molar-refractivity contribution in [3.8, 4) is 0 Å². The van der Waals surface area contributed by atoms with Crippen LogP contribution in [0.5, 0.6) is 0 Å². The number of hydrogen-bond donors (Lipinski definition) is 1. The molecule has 0 radical (unpaired) electrons. The minimum Gasteiger partial charge on any atom is -0.449 e. The summed E-state index contributed by atoms with van der Waals surface area (Å²) in [6, 6.07) is 28.5. The van der Waals surface area contributed by atoms with E-state index in [9.17, 15) is 14.4 Å². The van der Waals surface area contributed by atoms with Crippen LogP contribution in [0.4, 0.5) is 5.69 Å². The molecule has 170 valence electrons. The van der Waals surface area contributed by atoms with E-state index in [-0.39, 0.29) is 24.5 Å². The van der Waals surface area contributed by atoms with Crippen LogP contribution in [-0.4, -0.2) is 17.7 Å². The molecule has 4 aromatic carbocycles. The summed E-state index contributed by atoms with van der Waals surface area (Å²) in [6.45, 7) is 0. The lowest BCUT2D eigenvalue weighted by atomic mass is 10.00. The summed E-state index contributed by atoms with van der Waals surface area (Å²) in [5, 5.41) is 5.28. The number of Topliss-reactive ketones (excluding diaryl/α,β-unsaturated/α-hetero) is 1. The fraction of sp³-hybridized carbons (Fsp3) is 0.107. The second kappa shape index (κ2) is 10.8. The first-order valence-corrected chi connectivity index (χ1v) is 11.2. The van der Waals surface area contributed by atoms with E-state index in [2.05, 4.69) is 5.32 Å². The van der Waals surface area contributed by atoms with Gasteiger partial charge < -0.3 is 10.1 Å². The van der Waals surface area contributed by atoms with Gasteiger partial charge in [-0.2, -0.15) is 0 Å². The Hall–Kier alpha value is -3.96. The first kappa shape index (κ1) is 23.2. The minimum absolute atomic E-state index is 0.0745. The molecular weight excluding hydrogens is 450 g/mol. The number of anilines is 1. The molecule has 0 bridgehead atoms. The van der Waals surface area contributed by atoms with Crippen molar-refractivity contribution >= 4 is 45.7 Å². The van der Waals surface area contributed by atoms with Gasteiger partial charge in [0, 0.05) is 33.6 Å². The highest BCUT2D eigenvalue weighted by Gasteiger charge is 2.26. The molecule has 4 rings (SSSR count). The maximum absolute atomic E-state index is 13.1. The third-order valence-electron chi connectivity index (χ3n) is 5.34. The molecule has 0 unspecified atom stereocenters. The van der Waals surface area contributed by atoms with Gasteiger partial charge in [0.1, 0.15) is 0 Å². The van der Waals surface area contributed by atoms with E-state index in [1.807, 2.05) is 42.5 Å². The average Bonchev–Trinajstić information content (AvgIpc) is 2.87. The lowest BCUT2D eigenvalue weighted by molar-refractivity contribution is -0.148. The van der Waals surface area contributed by atoms with E-state index < -0.39 is 12.1 Å². The number of hydrogen-bond acceptors (Lipinski definition) is 4. The van der Waals surface area contributed by atoms with Gasteiger partial charge in [0.2, 0.25) is 11.7 Å². The number of nitrogens with one attached hydrogen (secondary N) is 1. The Bertz CT molecular complexity index is 1310. The Kier molecular flexibility index (Phi) is 7.35. The number of ether oxygens (including phenoxy) is 1. The number of carbonyl (C=O) groups is 3. The van der Waals surface area contributed by atoms with Crippen LogP contribution in [0.1, 0.15) is 34.9 Å². The van der Waals surface area contributed by atoms with Crippen molar-refractivity contribution in [2.45, 2.75) is 18.9 Å². The summed E-state index contributed by atoms with van der Waals surface area (Å²) in [7, 11) is 0. The molecule has 0 aliphatic carbocycles. The Morgan fingerprint density at radius 2 is 1.44 bits per heavy atom. The quantitative estimate of drug-likeness (QED) is 0.239. The monoisotopic (exact) mass is 471 g/mol. The van der Waals surface area contributed by atoms with Gasteiger partial charge in [-0.25, -0.2) is 0 Å². The summed E-state index contributed by atoms with van der Waals surface area (Å²) in [4.78, 5) is 38.2. The standard InChI is InChI=1S/C28H22ClNO4/c29-22-15-13-21(14-16-22)28(27(33)20-8-2-1-3-9-20)34-26(32)18-17-25(31)30-24-12-6-10-19-7-4-5-11-23(19)24/h1-16,28H,17-18H2,(H,30,31)/t28-/m1/s1. The van der Waals surface area contributed by atoms with Crippen molar-refractivity contribution in [1.29, 1.82) is 0 Å². The molecule has 0 aliphatic heterocycles. The summed E-state index contributed by atoms with van der Waals surface area (Å²) in [5.74, 6) is -1.31. The molecule has 0 spiro atoms. The molecule has 34 heavy (non-hydrogen) atoms. The number of rotatable bonds is 8. The Balaban J connectivity index is 1.42. The normalized spacial score (nSPS) is 11.6. The second-order valence-electron chi connectivity index (χ2n) is 7.73. The van der Waals surface area contributed by atoms with Crippen LogP contribution >= 0.6 is 11.6 Å². The van der Waals surface area contributed by atoms with Crippen molar-refractivity contribution in [3.05, 3.63) is 113 Å². The van der Waals surface area contributed by atoms with E-state index in [1.54, 1.807) is 54.6 Å². The van der Waals surface area contributed by atoms with Crippen molar-refractivity contribution in [3.63, 3.8) is 0 Å². The molecule has 6 heteroatoms. The van der Waals surface area contributed by atoms with E-state index in [0.717, 1.165) is 10.8 Å². The summed E-state index contributed by atoms with van der Waals surface area (Å²) >= 11 is 5.97. The van der Waals surface area contributed by atoms with Gasteiger partial charge in [-0.3, -0.25) is 14.4 Å². The smallest absolute Gasteiger partial charge is 0.307 e. The maximum Gasteiger partial charge on any atom is 0.307 e. The zero-order chi connectivity index (χ0) is 23.9. The number of amides is 1. The Labute approximate surface area is 202 Å². The maximum atomic E-state index is 13.1. The summed E-state index contributed by atoms with van der Waals surface area (Å²) in [5.41, 5.74) is 1.60. The predicted octanol–water partition coefficient (Wildman–Crippen LogP) is 6.38. The topological polar surface area (TPSA) is 72.5 Å². The third kappa shape index (κ3) is 5.69. The largest absolute Gasteiger partial charge is 0.449 e. The highest BCUT2D eigenvalue weighted by Crippen LogP contribution is 2.26. The number of carbonyl (C=O) groups excluding carboxylic acids is 3. The van der Waals surface area contributed by atoms with Crippen LogP contribution in [-0.2, 0) is 14.3 Å². The minimum atomic E-state index is -1.13. The first-order valence-electron chi connectivity index (χ1n) is 10.8. The highest BCUT2D eigenvalue weighted by molar-refractivity contribution is 6.30. The van der Waals surface area contributed by atoms with Crippen LogP contribution in [0.3, 0.4) is 0 Å². The summed E-state index contributed by atoms with van der Waals surface area (Å²) in [6.07, 6.45) is -1.37. The zero-order valence-corrected chi connectivity index (χ0v) is 19.0. The molecule has 4 aromatic rings. The highest BCUT2D eigenvalue weighted by atomic mass is 35.5. The summed E-state index contributed by atoms with van der Waals surface area (Å²) < 4.78 is 5.55. The third-order valence-corrected chi connectivity index (χ3v) is 5.59. The van der Waals surface area contributed by atoms with E-state index in [4.69, 9.17) is 16.3 Å². The van der Waals surface area contributed by atoms with Gasteiger partial charge in [-0.15, -0.1) is 0 Å². The second-order valence-corrected chi connectivity index (χ2v) is 8.16. The van der Waals surface area contributed by atoms with Crippen molar-refractivity contribution in [2.24, 2.45) is 0 Å². The molecule has 0 aliphatic rings. The lowest BCUT2D eigenvalue weighted by Gasteiger charge is -2.18. The first-order chi connectivity index (χ1) is 16.5. The number of benzene rings is 4. The molecule has 0 fully saturated rings. The van der Waals surface area contributed by atoms with E-state index in [0.29, 0.717) is 21.8 Å². The van der Waals surface area contributed by atoms with Crippen LogP contribution < -0.4 is 5.32 Å². The van der Waals surface area contributed by atoms with Gasteiger partial charge in [-0.1, -0.05) is 90.5 Å². The molecule has 1 amide bonds. The van der Waals surface area contributed by atoms with E-state index in [1.165, 1.54) is 0 Å². The number of esters is 1. The molecule has 0 saturated heterocycles. The Morgan fingerprint density at radius 3 is 2.21 bits per heavy atom. The lowest BCUT2D eigenvalue weighted by Crippen LogP contribution is -2.21. The molecule has 1 N–H and O–H groups in total. The number of fused-ring (bicyclic) bond motifs is 1.